The van der Waals surface area contributed by atoms with E-state index in [1.54, 1.807) is 14.0 Å². The summed E-state index contributed by atoms with van der Waals surface area (Å²) in [4.78, 5) is 15.5. The van der Waals surface area contributed by atoms with E-state index in [1.807, 2.05) is 31.2 Å². The molecule has 0 spiro atoms. The summed E-state index contributed by atoms with van der Waals surface area (Å²) >= 11 is 0. The quantitative estimate of drug-likeness (QED) is 0.116. The van der Waals surface area contributed by atoms with Gasteiger partial charge in [-0.15, -0.1) is 0 Å². The Balaban J connectivity index is 1.79. The van der Waals surface area contributed by atoms with Gasteiger partial charge in [-0.05, 0) is 48.4 Å². The second-order valence-corrected chi connectivity index (χ2v) is 10.1. The number of rotatable bonds is 7. The highest BCUT2D eigenvalue weighted by Gasteiger charge is 2.26. The molecule has 0 N–H and O–H groups in total. The fraction of sp³-hybridized carbons (Fsp3) is 0.0789. The average molecular weight is 534 g/mol. The van der Waals surface area contributed by atoms with E-state index in [1.165, 1.54) is 0 Å². The zero-order chi connectivity index (χ0) is 28.3. The molecule has 0 radical (unpaired) electrons. The number of para-hydroxylation sites is 2. The minimum atomic E-state index is -0.0262. The van der Waals surface area contributed by atoms with Gasteiger partial charge in [-0.2, -0.15) is 0 Å². The molecule has 6 aromatic rings. The van der Waals surface area contributed by atoms with Crippen LogP contribution in [0.25, 0.3) is 38.2 Å². The molecule has 41 heavy (non-hydrogen) atoms. The topological polar surface area (TPSA) is 29.5 Å². The molecule has 0 saturated heterocycles. The van der Waals surface area contributed by atoms with Gasteiger partial charge in [0.05, 0.1) is 24.1 Å². The van der Waals surface area contributed by atoms with Crippen molar-refractivity contribution < 1.29 is 9.53 Å². The Hall–Kier alpha value is -5.15. The number of carbonyl (C=O) groups excluding carboxylic acids is 1. The van der Waals surface area contributed by atoms with E-state index in [4.69, 9.17) is 4.74 Å². The molecule has 0 amide bonds. The maximum atomic E-state index is 13.1. The van der Waals surface area contributed by atoms with E-state index < -0.39 is 0 Å². The lowest BCUT2D eigenvalue weighted by atomic mass is 9.87. The number of ketones is 1. The van der Waals surface area contributed by atoms with Crippen LogP contribution in [-0.2, 0) is 9.53 Å². The predicted octanol–water partition coefficient (Wildman–Crippen LogP) is 10.1. The van der Waals surface area contributed by atoms with Crippen LogP contribution in [0, 0.1) is 0 Å². The van der Waals surface area contributed by atoms with Gasteiger partial charge in [0, 0.05) is 27.6 Å². The predicted molar refractivity (Wildman–Crippen MR) is 172 cm³/mol. The lowest BCUT2D eigenvalue weighted by Crippen LogP contribution is -2.13. The molecule has 3 nitrogen and oxygen atoms in total. The van der Waals surface area contributed by atoms with Crippen LogP contribution < -0.4 is 4.90 Å². The van der Waals surface area contributed by atoms with Crippen molar-refractivity contribution in [2.75, 3.05) is 12.0 Å². The molecule has 200 valence electrons. The fourth-order valence-electron chi connectivity index (χ4n) is 5.81. The number of hydrogen-bond donors (Lipinski definition) is 0. The zero-order valence-electron chi connectivity index (χ0n) is 23.5. The first kappa shape index (κ1) is 26.1. The van der Waals surface area contributed by atoms with E-state index in [2.05, 4.69) is 114 Å². The van der Waals surface area contributed by atoms with Crippen molar-refractivity contribution in [3.8, 4) is 11.1 Å². The molecule has 0 aliphatic rings. The Morgan fingerprint density at radius 1 is 0.585 bits per heavy atom. The summed E-state index contributed by atoms with van der Waals surface area (Å²) in [6.07, 6.45) is 0. The van der Waals surface area contributed by atoms with Crippen LogP contribution in [0.1, 0.15) is 19.4 Å². The third-order valence-corrected chi connectivity index (χ3v) is 7.63. The second kappa shape index (κ2) is 11.1. The molecular formula is C38H31NO2. The summed E-state index contributed by atoms with van der Waals surface area (Å²) in [5, 5.41) is 4.10. The van der Waals surface area contributed by atoms with Gasteiger partial charge < -0.3 is 9.64 Å². The summed E-state index contributed by atoms with van der Waals surface area (Å²) in [5.74, 6) is 0.580. The van der Waals surface area contributed by atoms with Crippen molar-refractivity contribution in [2.45, 2.75) is 13.8 Å². The Morgan fingerprint density at radius 2 is 1.07 bits per heavy atom. The summed E-state index contributed by atoms with van der Waals surface area (Å²) < 4.78 is 5.66. The van der Waals surface area contributed by atoms with E-state index in [-0.39, 0.29) is 5.78 Å². The SMILES string of the molecule is CO/C(C)=C(\C(C)=O)c1c2ccccc2c(N(c2ccccc2)c2ccccc2-c2ccccc2)c2ccccc12. The van der Waals surface area contributed by atoms with Gasteiger partial charge >= 0.3 is 0 Å². The first-order valence-electron chi connectivity index (χ1n) is 13.8. The first-order valence-corrected chi connectivity index (χ1v) is 13.8. The molecular weight excluding hydrogens is 502 g/mol. The van der Waals surface area contributed by atoms with E-state index in [0.717, 1.165) is 55.3 Å². The Morgan fingerprint density at radius 3 is 1.63 bits per heavy atom. The van der Waals surface area contributed by atoms with Crippen LogP contribution in [0.2, 0.25) is 0 Å². The van der Waals surface area contributed by atoms with Gasteiger partial charge in [0.15, 0.2) is 5.78 Å². The average Bonchev–Trinajstić information content (AvgIpc) is 3.03. The molecule has 3 heteroatoms. The third kappa shape index (κ3) is 4.66. The summed E-state index contributed by atoms with van der Waals surface area (Å²) in [5.41, 5.74) is 6.96. The van der Waals surface area contributed by atoms with Gasteiger partial charge in [0.1, 0.15) is 5.76 Å². The summed E-state index contributed by atoms with van der Waals surface area (Å²) in [7, 11) is 1.62. The highest BCUT2D eigenvalue weighted by atomic mass is 16.5. The molecule has 0 unspecified atom stereocenters. The number of benzene rings is 6. The van der Waals surface area contributed by atoms with E-state index in [9.17, 15) is 4.79 Å². The largest absolute Gasteiger partial charge is 0.501 e. The van der Waals surface area contributed by atoms with Crippen molar-refractivity contribution in [3.05, 3.63) is 145 Å². The van der Waals surface area contributed by atoms with Gasteiger partial charge in [0.2, 0.25) is 0 Å². The van der Waals surface area contributed by atoms with Crippen LogP contribution >= 0.6 is 0 Å². The summed E-state index contributed by atoms with van der Waals surface area (Å²) in [6.45, 7) is 3.47. The normalized spacial score (nSPS) is 11.8. The van der Waals surface area contributed by atoms with Crippen molar-refractivity contribution >= 4 is 50.0 Å². The minimum absolute atomic E-state index is 0.0262. The summed E-state index contributed by atoms with van der Waals surface area (Å²) in [6, 6.07) is 46.3. The second-order valence-electron chi connectivity index (χ2n) is 10.1. The number of anilines is 3. The number of carbonyl (C=O) groups is 1. The number of allylic oxidation sites excluding steroid dienone is 2. The standard InChI is InChI=1S/C38H31NO2/c1-26(40)36(27(2)41-3)37-31-21-10-12-23-33(31)38(34-24-13-11-22-32(34)37)39(29-18-8-5-9-19-29)35-25-15-14-20-30(35)28-16-6-4-7-17-28/h4-25H,1-3H3/b36-27+. The van der Waals surface area contributed by atoms with Crippen LogP contribution in [0.4, 0.5) is 17.1 Å². The van der Waals surface area contributed by atoms with Crippen molar-refractivity contribution in [2.24, 2.45) is 0 Å². The Kier molecular flexibility index (Phi) is 7.09. The monoisotopic (exact) mass is 533 g/mol. The molecule has 0 atom stereocenters. The van der Waals surface area contributed by atoms with Gasteiger partial charge in [-0.3, -0.25) is 4.79 Å². The smallest absolute Gasteiger partial charge is 0.163 e. The number of Topliss-reactive ketones (excluding diaryl/α,β-unsaturated/α-hetero) is 1. The van der Waals surface area contributed by atoms with Crippen molar-refractivity contribution in [3.63, 3.8) is 0 Å². The highest BCUT2D eigenvalue weighted by molar-refractivity contribution is 6.30. The van der Waals surface area contributed by atoms with Gasteiger partial charge in [-0.1, -0.05) is 115 Å². The van der Waals surface area contributed by atoms with Crippen LogP contribution in [-0.4, -0.2) is 12.9 Å². The zero-order valence-corrected chi connectivity index (χ0v) is 23.5. The number of nitrogens with zero attached hydrogens (tertiary/aromatic N) is 1. The molecule has 0 bridgehead atoms. The molecule has 0 aromatic heterocycles. The number of fused-ring (bicyclic) bond motifs is 2. The molecule has 6 rings (SSSR count). The number of hydrogen-bond acceptors (Lipinski definition) is 3. The minimum Gasteiger partial charge on any atom is -0.501 e. The molecule has 0 saturated carbocycles. The number of methoxy groups -OCH3 is 1. The first-order chi connectivity index (χ1) is 20.1. The fourth-order valence-corrected chi connectivity index (χ4v) is 5.81. The van der Waals surface area contributed by atoms with Crippen LogP contribution in [0.3, 0.4) is 0 Å². The lowest BCUT2D eigenvalue weighted by Gasteiger charge is -2.31. The molecule has 6 aromatic carbocycles. The van der Waals surface area contributed by atoms with Crippen LogP contribution in [0.5, 0.6) is 0 Å². The van der Waals surface area contributed by atoms with Gasteiger partial charge in [0.25, 0.3) is 0 Å². The third-order valence-electron chi connectivity index (χ3n) is 7.63. The molecule has 0 heterocycles. The lowest BCUT2D eigenvalue weighted by molar-refractivity contribution is -0.111. The molecule has 0 fully saturated rings. The number of ether oxygens (including phenoxy) is 1. The highest BCUT2D eigenvalue weighted by Crippen LogP contribution is 2.49. The van der Waals surface area contributed by atoms with Crippen molar-refractivity contribution in [1.82, 2.24) is 0 Å². The Labute approximate surface area is 241 Å². The maximum absolute atomic E-state index is 13.1. The van der Waals surface area contributed by atoms with Gasteiger partial charge in [-0.25, -0.2) is 0 Å². The molecule has 0 aliphatic carbocycles. The van der Waals surface area contributed by atoms with E-state index in [0.29, 0.717) is 11.3 Å². The Bertz CT molecular complexity index is 1850. The van der Waals surface area contributed by atoms with Crippen molar-refractivity contribution in [1.29, 1.82) is 0 Å². The molecule has 0 aliphatic heterocycles. The van der Waals surface area contributed by atoms with E-state index >= 15 is 0 Å². The maximum Gasteiger partial charge on any atom is 0.163 e. The van der Waals surface area contributed by atoms with Crippen LogP contribution in [0.15, 0.2) is 139 Å².